The standard InChI is InChI=1S/C11H21N3O4/c1-4-7(2)14(3)11(18)13-8(10(16)17)5-6-9(12)15/h7-8H,4-6H2,1-3H3,(H2,12,15)(H,13,18)(H,16,17). The zero-order valence-electron chi connectivity index (χ0n) is 11.0. The number of primary amides is 1. The first kappa shape index (κ1) is 16.2. The van der Waals surface area contributed by atoms with Crippen molar-refractivity contribution in [3.8, 4) is 0 Å². The van der Waals surface area contributed by atoms with Crippen LogP contribution in [0.4, 0.5) is 4.79 Å². The quantitative estimate of drug-likeness (QED) is 0.603. The van der Waals surface area contributed by atoms with Crippen molar-refractivity contribution < 1.29 is 19.5 Å². The maximum Gasteiger partial charge on any atom is 0.326 e. The molecular weight excluding hydrogens is 238 g/mol. The smallest absolute Gasteiger partial charge is 0.326 e. The first-order valence-corrected chi connectivity index (χ1v) is 5.84. The van der Waals surface area contributed by atoms with Crippen LogP contribution < -0.4 is 11.1 Å². The molecule has 0 bridgehead atoms. The second-order valence-corrected chi connectivity index (χ2v) is 4.21. The number of hydrogen-bond donors (Lipinski definition) is 3. The van der Waals surface area contributed by atoms with Crippen LogP contribution >= 0.6 is 0 Å². The van der Waals surface area contributed by atoms with Gasteiger partial charge < -0.3 is 21.1 Å². The summed E-state index contributed by atoms with van der Waals surface area (Å²) in [5, 5.41) is 11.3. The molecule has 2 unspecified atom stereocenters. The van der Waals surface area contributed by atoms with Crippen molar-refractivity contribution in [2.24, 2.45) is 5.73 Å². The van der Waals surface area contributed by atoms with Crippen molar-refractivity contribution in [1.82, 2.24) is 10.2 Å². The Hall–Kier alpha value is -1.79. The minimum atomic E-state index is -1.18. The number of urea groups is 1. The first-order chi connectivity index (χ1) is 8.29. The highest BCUT2D eigenvalue weighted by atomic mass is 16.4. The summed E-state index contributed by atoms with van der Waals surface area (Å²) in [5.41, 5.74) is 4.95. The minimum Gasteiger partial charge on any atom is -0.480 e. The molecular formula is C11H21N3O4. The Morgan fingerprint density at radius 1 is 1.39 bits per heavy atom. The molecule has 0 spiro atoms. The van der Waals surface area contributed by atoms with Gasteiger partial charge in [-0.25, -0.2) is 9.59 Å². The first-order valence-electron chi connectivity index (χ1n) is 5.84. The number of nitrogens with zero attached hydrogens (tertiary/aromatic N) is 1. The van der Waals surface area contributed by atoms with Crippen LogP contribution in [0.1, 0.15) is 33.1 Å². The predicted octanol–water partition coefficient (Wildman–Crippen LogP) is 0.145. The number of rotatable bonds is 7. The summed E-state index contributed by atoms with van der Waals surface area (Å²) in [6.45, 7) is 3.79. The lowest BCUT2D eigenvalue weighted by molar-refractivity contribution is -0.139. The Kier molecular flexibility index (Phi) is 6.77. The topological polar surface area (TPSA) is 113 Å². The normalized spacial score (nSPS) is 13.5. The summed E-state index contributed by atoms with van der Waals surface area (Å²) in [6, 6.07) is -1.56. The van der Waals surface area contributed by atoms with Crippen LogP contribution in [0.25, 0.3) is 0 Å². The van der Waals surface area contributed by atoms with E-state index in [2.05, 4.69) is 5.32 Å². The van der Waals surface area contributed by atoms with Gasteiger partial charge >= 0.3 is 12.0 Å². The average molecular weight is 259 g/mol. The molecule has 7 heteroatoms. The molecule has 4 N–H and O–H groups in total. The van der Waals surface area contributed by atoms with Crippen molar-refractivity contribution in [1.29, 1.82) is 0 Å². The number of amides is 3. The van der Waals surface area contributed by atoms with Crippen molar-refractivity contribution in [2.45, 2.75) is 45.2 Å². The molecule has 0 aliphatic heterocycles. The lowest BCUT2D eigenvalue weighted by Crippen LogP contribution is -2.49. The molecule has 0 aliphatic rings. The maximum absolute atomic E-state index is 11.7. The summed E-state index contributed by atoms with van der Waals surface area (Å²) in [6.07, 6.45) is 0.679. The second kappa shape index (κ2) is 7.52. The lowest BCUT2D eigenvalue weighted by atomic mass is 10.1. The van der Waals surface area contributed by atoms with E-state index < -0.39 is 23.9 Å². The van der Waals surface area contributed by atoms with E-state index in [1.807, 2.05) is 13.8 Å². The molecule has 3 amide bonds. The molecule has 0 saturated carbocycles. The number of carboxylic acid groups (broad SMARTS) is 1. The molecule has 104 valence electrons. The van der Waals surface area contributed by atoms with E-state index >= 15 is 0 Å². The third-order valence-corrected chi connectivity index (χ3v) is 2.85. The van der Waals surface area contributed by atoms with E-state index in [4.69, 9.17) is 10.8 Å². The molecule has 0 aliphatic carbocycles. The molecule has 0 rings (SSSR count). The third-order valence-electron chi connectivity index (χ3n) is 2.85. The molecule has 0 aromatic heterocycles. The van der Waals surface area contributed by atoms with Crippen LogP contribution in [0.5, 0.6) is 0 Å². The average Bonchev–Trinajstić information content (AvgIpc) is 2.31. The van der Waals surface area contributed by atoms with Gasteiger partial charge in [-0.3, -0.25) is 4.79 Å². The monoisotopic (exact) mass is 259 g/mol. The van der Waals surface area contributed by atoms with Gasteiger partial charge in [0.2, 0.25) is 5.91 Å². The van der Waals surface area contributed by atoms with Crippen LogP contribution in [0.15, 0.2) is 0 Å². The SMILES string of the molecule is CCC(C)N(C)C(=O)NC(CCC(N)=O)C(=O)O. The fourth-order valence-corrected chi connectivity index (χ4v) is 1.27. The van der Waals surface area contributed by atoms with Crippen LogP contribution in [-0.4, -0.2) is 47.0 Å². The van der Waals surface area contributed by atoms with Gasteiger partial charge in [-0.05, 0) is 19.8 Å². The number of carbonyl (C=O) groups excluding carboxylic acids is 2. The Labute approximate surface area is 106 Å². The van der Waals surface area contributed by atoms with Crippen molar-refractivity contribution in [2.75, 3.05) is 7.05 Å². The zero-order valence-corrected chi connectivity index (χ0v) is 11.0. The van der Waals surface area contributed by atoms with Gasteiger partial charge in [-0.2, -0.15) is 0 Å². The summed E-state index contributed by atoms with van der Waals surface area (Å²) < 4.78 is 0. The van der Waals surface area contributed by atoms with E-state index in [1.165, 1.54) is 4.90 Å². The lowest BCUT2D eigenvalue weighted by Gasteiger charge is -2.26. The third kappa shape index (κ3) is 5.51. The van der Waals surface area contributed by atoms with E-state index in [-0.39, 0.29) is 18.9 Å². The molecule has 0 aromatic rings. The Morgan fingerprint density at radius 2 is 1.94 bits per heavy atom. The summed E-state index contributed by atoms with van der Waals surface area (Å²) in [5.74, 6) is -1.77. The van der Waals surface area contributed by atoms with Gasteiger partial charge in [-0.15, -0.1) is 0 Å². The molecule has 18 heavy (non-hydrogen) atoms. The van der Waals surface area contributed by atoms with Crippen molar-refractivity contribution >= 4 is 17.9 Å². The molecule has 7 nitrogen and oxygen atoms in total. The van der Waals surface area contributed by atoms with Gasteiger partial charge in [-0.1, -0.05) is 6.92 Å². The largest absolute Gasteiger partial charge is 0.480 e. The number of carboxylic acids is 1. The van der Waals surface area contributed by atoms with Crippen molar-refractivity contribution in [3.05, 3.63) is 0 Å². The number of hydrogen-bond acceptors (Lipinski definition) is 3. The fourth-order valence-electron chi connectivity index (χ4n) is 1.27. The van der Waals surface area contributed by atoms with Crippen LogP contribution in [-0.2, 0) is 9.59 Å². The summed E-state index contributed by atoms with van der Waals surface area (Å²) in [7, 11) is 1.59. The Bertz CT molecular complexity index is 319. The highest BCUT2D eigenvalue weighted by molar-refractivity contribution is 5.83. The Balaban J connectivity index is 4.45. The highest BCUT2D eigenvalue weighted by Crippen LogP contribution is 2.03. The van der Waals surface area contributed by atoms with Gasteiger partial charge in [0.05, 0.1) is 0 Å². The number of nitrogens with two attached hydrogens (primary N) is 1. The van der Waals surface area contributed by atoms with E-state index in [1.54, 1.807) is 7.05 Å². The predicted molar refractivity (Wildman–Crippen MR) is 65.9 cm³/mol. The van der Waals surface area contributed by atoms with Crippen LogP contribution in [0.2, 0.25) is 0 Å². The second-order valence-electron chi connectivity index (χ2n) is 4.21. The van der Waals surface area contributed by atoms with Gasteiger partial charge in [0.25, 0.3) is 0 Å². The van der Waals surface area contributed by atoms with E-state index in [0.717, 1.165) is 6.42 Å². The van der Waals surface area contributed by atoms with E-state index in [0.29, 0.717) is 0 Å². The molecule has 0 fully saturated rings. The number of carbonyl (C=O) groups is 3. The van der Waals surface area contributed by atoms with Crippen LogP contribution in [0.3, 0.4) is 0 Å². The molecule has 2 atom stereocenters. The number of nitrogens with one attached hydrogen (secondary N) is 1. The maximum atomic E-state index is 11.7. The number of aliphatic carboxylic acids is 1. The Morgan fingerprint density at radius 3 is 2.33 bits per heavy atom. The molecule has 0 aromatic carbocycles. The van der Waals surface area contributed by atoms with Gasteiger partial charge in [0.1, 0.15) is 6.04 Å². The van der Waals surface area contributed by atoms with Crippen molar-refractivity contribution in [3.63, 3.8) is 0 Å². The van der Waals surface area contributed by atoms with Gasteiger partial charge in [0.15, 0.2) is 0 Å². The molecule has 0 heterocycles. The van der Waals surface area contributed by atoms with E-state index in [9.17, 15) is 14.4 Å². The van der Waals surface area contributed by atoms with Crippen LogP contribution in [0, 0.1) is 0 Å². The minimum absolute atomic E-state index is 0.00917. The highest BCUT2D eigenvalue weighted by Gasteiger charge is 2.23. The molecule has 0 radical (unpaired) electrons. The molecule has 0 saturated heterocycles. The summed E-state index contributed by atoms with van der Waals surface area (Å²) >= 11 is 0. The summed E-state index contributed by atoms with van der Waals surface area (Å²) in [4.78, 5) is 34.7. The fraction of sp³-hybridized carbons (Fsp3) is 0.727. The van der Waals surface area contributed by atoms with Gasteiger partial charge in [0, 0.05) is 19.5 Å². The zero-order chi connectivity index (χ0) is 14.3.